The molecule has 0 saturated carbocycles. The zero-order valence-electron chi connectivity index (χ0n) is 14.6. The van der Waals surface area contributed by atoms with Crippen LogP contribution in [0.5, 0.6) is 0 Å². The number of nitrogens with one attached hydrogen (secondary N) is 2. The van der Waals surface area contributed by atoms with Crippen molar-refractivity contribution in [3.05, 3.63) is 70.1 Å². The second-order valence-electron chi connectivity index (χ2n) is 5.79. The van der Waals surface area contributed by atoms with E-state index in [4.69, 9.17) is 0 Å². The van der Waals surface area contributed by atoms with E-state index in [1.54, 1.807) is 24.3 Å². The molecule has 1 atom stereocenters. The number of amides is 1. The van der Waals surface area contributed by atoms with Crippen LogP contribution >= 0.6 is 11.8 Å². The Balaban J connectivity index is 1.66. The number of hydrogen-bond acceptors (Lipinski definition) is 5. The highest BCUT2D eigenvalue weighted by molar-refractivity contribution is 8.05. The molecule has 26 heavy (non-hydrogen) atoms. The molecule has 0 aliphatic carbocycles. The molecule has 1 saturated heterocycles. The number of carbonyl (C=O) groups is 2. The first kappa shape index (κ1) is 18.1. The minimum absolute atomic E-state index is 0.116. The van der Waals surface area contributed by atoms with Crippen LogP contribution in [0.4, 0.5) is 5.69 Å². The van der Waals surface area contributed by atoms with E-state index in [9.17, 15) is 9.59 Å². The molecule has 1 heterocycles. The summed E-state index contributed by atoms with van der Waals surface area (Å²) in [6.45, 7) is 2.12. The number of carbonyl (C=O) groups excluding carboxylic acids is 2. The third-order valence-electron chi connectivity index (χ3n) is 4.02. The molecule has 0 bridgehead atoms. The van der Waals surface area contributed by atoms with E-state index >= 15 is 0 Å². The summed E-state index contributed by atoms with van der Waals surface area (Å²) in [7, 11) is 1.35. The summed E-state index contributed by atoms with van der Waals surface area (Å²) >= 11 is 1.43. The Morgan fingerprint density at radius 3 is 2.50 bits per heavy atom. The van der Waals surface area contributed by atoms with Crippen molar-refractivity contribution in [3.8, 4) is 0 Å². The molecule has 2 aromatic rings. The molecule has 6 heteroatoms. The van der Waals surface area contributed by atoms with Gasteiger partial charge in [-0.05, 0) is 47.9 Å². The van der Waals surface area contributed by atoms with Crippen molar-refractivity contribution >= 4 is 35.4 Å². The zero-order chi connectivity index (χ0) is 18.5. The average molecular weight is 368 g/mol. The van der Waals surface area contributed by atoms with Gasteiger partial charge in [-0.2, -0.15) is 0 Å². The fraction of sp³-hybridized carbons (Fsp3) is 0.200. The molecule has 1 aliphatic heterocycles. The number of anilines is 1. The predicted octanol–water partition coefficient (Wildman–Crippen LogP) is 3.64. The molecule has 1 aliphatic rings. The third kappa shape index (κ3) is 4.26. The molecule has 0 spiro atoms. The maximum Gasteiger partial charge on any atom is 0.337 e. The zero-order valence-corrected chi connectivity index (χ0v) is 15.4. The third-order valence-corrected chi connectivity index (χ3v) is 5.05. The van der Waals surface area contributed by atoms with E-state index in [0.717, 1.165) is 17.7 Å². The normalized spacial score (nSPS) is 17.8. The molecular formula is C20H20N2O3S. The molecule has 3 rings (SSSR count). The van der Waals surface area contributed by atoms with Crippen LogP contribution in [0.1, 0.15) is 28.4 Å². The second kappa shape index (κ2) is 8.10. The van der Waals surface area contributed by atoms with Gasteiger partial charge in [0.05, 0.1) is 17.6 Å². The van der Waals surface area contributed by atoms with E-state index in [1.165, 1.54) is 24.4 Å². The van der Waals surface area contributed by atoms with Crippen molar-refractivity contribution < 1.29 is 14.3 Å². The minimum atomic E-state index is -0.379. The molecule has 1 fully saturated rings. The van der Waals surface area contributed by atoms with Crippen molar-refractivity contribution in [1.82, 2.24) is 5.32 Å². The van der Waals surface area contributed by atoms with Crippen LogP contribution in [-0.2, 0) is 16.0 Å². The average Bonchev–Trinajstić information content (AvgIpc) is 3.01. The number of thioether (sulfide) groups is 1. The quantitative estimate of drug-likeness (QED) is 0.623. The standard InChI is InChI=1S/C20H20N2O3S/c1-3-13-6-10-16(11-7-13)21-20-22-18(23)17(26-20)12-14-4-8-15(9-5-14)19(24)25-2/h4-12,20-21H,3H2,1-2H3,(H,22,23)/b17-12-/t20-/m1/s1. The van der Waals surface area contributed by atoms with Crippen LogP contribution in [-0.4, -0.2) is 24.5 Å². The van der Waals surface area contributed by atoms with E-state index < -0.39 is 0 Å². The fourth-order valence-corrected chi connectivity index (χ4v) is 3.52. The van der Waals surface area contributed by atoms with Gasteiger partial charge in [0.15, 0.2) is 5.50 Å². The van der Waals surface area contributed by atoms with Crippen molar-refractivity contribution in [2.24, 2.45) is 0 Å². The lowest BCUT2D eigenvalue weighted by atomic mass is 10.1. The molecule has 1 amide bonds. The van der Waals surface area contributed by atoms with Gasteiger partial charge < -0.3 is 15.4 Å². The van der Waals surface area contributed by atoms with Gasteiger partial charge >= 0.3 is 5.97 Å². The Bertz CT molecular complexity index is 829. The molecule has 2 N–H and O–H groups in total. The number of benzene rings is 2. The van der Waals surface area contributed by atoms with Gasteiger partial charge in [0, 0.05) is 5.69 Å². The van der Waals surface area contributed by atoms with E-state index in [0.29, 0.717) is 10.5 Å². The Hall–Kier alpha value is -2.73. The van der Waals surface area contributed by atoms with Gasteiger partial charge in [-0.15, -0.1) is 0 Å². The SMILES string of the molecule is CCc1ccc(N[C@@H]2NC(=O)/C(=C/c3ccc(C(=O)OC)cc3)S2)cc1. The summed E-state index contributed by atoms with van der Waals surface area (Å²) in [6, 6.07) is 15.1. The van der Waals surface area contributed by atoms with Crippen molar-refractivity contribution in [1.29, 1.82) is 0 Å². The highest BCUT2D eigenvalue weighted by Crippen LogP contribution is 2.30. The largest absolute Gasteiger partial charge is 0.465 e. The molecule has 0 unspecified atom stereocenters. The topological polar surface area (TPSA) is 67.4 Å². The summed E-state index contributed by atoms with van der Waals surface area (Å²) in [5.41, 5.74) is 3.35. The molecule has 134 valence electrons. The summed E-state index contributed by atoms with van der Waals surface area (Å²) in [5, 5.41) is 6.21. The lowest BCUT2D eigenvalue weighted by Gasteiger charge is -2.12. The van der Waals surface area contributed by atoms with Crippen LogP contribution in [0.3, 0.4) is 0 Å². The van der Waals surface area contributed by atoms with Gasteiger partial charge in [-0.25, -0.2) is 4.79 Å². The molecular weight excluding hydrogens is 348 g/mol. The van der Waals surface area contributed by atoms with Crippen molar-refractivity contribution in [3.63, 3.8) is 0 Å². The Kier molecular flexibility index (Phi) is 5.63. The van der Waals surface area contributed by atoms with Crippen molar-refractivity contribution in [2.45, 2.75) is 18.8 Å². The van der Waals surface area contributed by atoms with Gasteiger partial charge in [0.2, 0.25) is 0 Å². The number of hydrogen-bond donors (Lipinski definition) is 2. The molecule has 5 nitrogen and oxygen atoms in total. The van der Waals surface area contributed by atoms with Gasteiger partial charge in [-0.1, -0.05) is 43.0 Å². The Morgan fingerprint density at radius 2 is 1.88 bits per heavy atom. The number of aryl methyl sites for hydroxylation is 1. The van der Waals surface area contributed by atoms with Crippen LogP contribution in [0.2, 0.25) is 0 Å². The predicted molar refractivity (Wildman–Crippen MR) is 105 cm³/mol. The smallest absolute Gasteiger partial charge is 0.337 e. The fourth-order valence-electron chi connectivity index (χ4n) is 2.54. The van der Waals surface area contributed by atoms with Gasteiger partial charge in [0.1, 0.15) is 0 Å². The molecule has 0 aromatic heterocycles. The van der Waals surface area contributed by atoms with Crippen LogP contribution < -0.4 is 10.6 Å². The van der Waals surface area contributed by atoms with Crippen LogP contribution in [0.15, 0.2) is 53.4 Å². The maximum atomic E-state index is 12.2. The van der Waals surface area contributed by atoms with Gasteiger partial charge in [-0.3, -0.25) is 4.79 Å². The van der Waals surface area contributed by atoms with E-state index in [1.807, 2.05) is 18.2 Å². The summed E-state index contributed by atoms with van der Waals surface area (Å²) in [6.07, 6.45) is 2.81. The van der Waals surface area contributed by atoms with E-state index in [2.05, 4.69) is 34.4 Å². The second-order valence-corrected chi connectivity index (χ2v) is 6.94. The lowest BCUT2D eigenvalue weighted by Crippen LogP contribution is -2.30. The molecule has 0 radical (unpaired) electrons. The van der Waals surface area contributed by atoms with E-state index in [-0.39, 0.29) is 17.4 Å². The first-order chi connectivity index (χ1) is 12.6. The maximum absolute atomic E-state index is 12.2. The first-order valence-corrected chi connectivity index (χ1v) is 9.20. The highest BCUT2D eigenvalue weighted by atomic mass is 32.2. The minimum Gasteiger partial charge on any atom is -0.465 e. The number of esters is 1. The van der Waals surface area contributed by atoms with Gasteiger partial charge in [0.25, 0.3) is 5.91 Å². The number of ether oxygens (including phenoxy) is 1. The summed E-state index contributed by atoms with van der Waals surface area (Å²) < 4.78 is 4.68. The van der Waals surface area contributed by atoms with Crippen LogP contribution in [0.25, 0.3) is 6.08 Å². The summed E-state index contributed by atoms with van der Waals surface area (Å²) in [4.78, 5) is 24.3. The monoisotopic (exact) mass is 368 g/mol. The lowest BCUT2D eigenvalue weighted by molar-refractivity contribution is -0.116. The number of rotatable bonds is 5. The van der Waals surface area contributed by atoms with Crippen LogP contribution in [0, 0.1) is 0 Å². The Morgan fingerprint density at radius 1 is 1.19 bits per heavy atom. The summed E-state index contributed by atoms with van der Waals surface area (Å²) in [5.74, 6) is -0.495. The van der Waals surface area contributed by atoms with Crippen molar-refractivity contribution in [2.75, 3.05) is 12.4 Å². The first-order valence-electron chi connectivity index (χ1n) is 8.32. The number of methoxy groups -OCH3 is 1. The molecule has 2 aromatic carbocycles. The highest BCUT2D eigenvalue weighted by Gasteiger charge is 2.27. The Labute approximate surface area is 156 Å².